The molecule has 0 spiro atoms. The van der Waals surface area contributed by atoms with Crippen molar-refractivity contribution in [3.8, 4) is 5.75 Å². The van der Waals surface area contributed by atoms with E-state index in [0.717, 1.165) is 12.1 Å². The second kappa shape index (κ2) is 2.95. The zero-order chi connectivity index (χ0) is 8.43. The molecule has 0 aliphatic carbocycles. The average molecular weight is 154 g/mol. The van der Waals surface area contributed by atoms with Gasteiger partial charge in [-0.25, -0.2) is 0 Å². The van der Waals surface area contributed by atoms with Gasteiger partial charge in [0.25, 0.3) is 0 Å². The van der Waals surface area contributed by atoms with E-state index in [1.54, 1.807) is 0 Å². The molecule has 0 bridgehead atoms. The second-order valence-corrected chi connectivity index (χ2v) is 2.87. The lowest BCUT2D eigenvalue weighted by molar-refractivity contribution is 0.455. The molecule has 0 atom stereocenters. The number of hydrogen-bond acceptors (Lipinski definition) is 2. The summed E-state index contributed by atoms with van der Waals surface area (Å²) in [5.74, 6) is 0.307. The van der Waals surface area contributed by atoms with Gasteiger partial charge in [-0.05, 0) is 20.3 Å². The third-order valence-electron chi connectivity index (χ3n) is 1.70. The number of hydrogen-bond donors (Lipinski definition) is 1. The lowest BCUT2D eigenvalue weighted by atomic mass is 10.3. The number of rotatable bonds is 2. The molecule has 0 unspecified atom stereocenters. The van der Waals surface area contributed by atoms with Gasteiger partial charge in [-0.1, -0.05) is 6.92 Å². The molecule has 0 fully saturated rings. The molecule has 1 N–H and O–H groups in total. The quantitative estimate of drug-likeness (QED) is 0.704. The first-order chi connectivity index (χ1) is 5.16. The van der Waals surface area contributed by atoms with Crippen LogP contribution in [0.3, 0.4) is 0 Å². The van der Waals surface area contributed by atoms with Crippen LogP contribution in [0, 0.1) is 0 Å². The number of nitrogens with zero attached hydrogens (tertiary/aromatic N) is 2. The first-order valence-electron chi connectivity index (χ1n) is 3.92. The molecule has 62 valence electrons. The van der Waals surface area contributed by atoms with Crippen LogP contribution < -0.4 is 0 Å². The Morgan fingerprint density at radius 1 is 1.64 bits per heavy atom. The predicted molar refractivity (Wildman–Crippen MR) is 43.7 cm³/mol. The smallest absolute Gasteiger partial charge is 0.156 e. The Bertz CT molecular complexity index is 240. The maximum absolute atomic E-state index is 9.30. The van der Waals surface area contributed by atoms with E-state index in [-0.39, 0.29) is 0 Å². The van der Waals surface area contributed by atoms with Crippen molar-refractivity contribution in [3.63, 3.8) is 0 Å². The molecule has 0 saturated heterocycles. The van der Waals surface area contributed by atoms with Crippen LogP contribution in [-0.2, 0) is 6.42 Å². The van der Waals surface area contributed by atoms with Gasteiger partial charge in [0.15, 0.2) is 5.75 Å². The second-order valence-electron chi connectivity index (χ2n) is 2.87. The summed E-state index contributed by atoms with van der Waals surface area (Å²) in [6.07, 6.45) is 2.32. The van der Waals surface area contributed by atoms with Crippen LogP contribution in [0.4, 0.5) is 0 Å². The molecule has 1 heterocycles. The highest BCUT2D eigenvalue weighted by atomic mass is 16.3. The van der Waals surface area contributed by atoms with Crippen molar-refractivity contribution in [2.24, 2.45) is 0 Å². The Balaban J connectivity index is 3.05. The van der Waals surface area contributed by atoms with Crippen molar-refractivity contribution in [2.45, 2.75) is 33.2 Å². The number of aromatic nitrogens is 2. The summed E-state index contributed by atoms with van der Waals surface area (Å²) in [5.41, 5.74) is 0.917. The Morgan fingerprint density at radius 2 is 2.27 bits per heavy atom. The van der Waals surface area contributed by atoms with Crippen molar-refractivity contribution in [2.75, 3.05) is 0 Å². The summed E-state index contributed by atoms with van der Waals surface area (Å²) in [6.45, 7) is 6.10. The minimum atomic E-state index is 0.307. The minimum Gasteiger partial charge on any atom is -0.504 e. The van der Waals surface area contributed by atoms with E-state index in [2.05, 4.69) is 5.10 Å². The van der Waals surface area contributed by atoms with E-state index in [9.17, 15) is 5.11 Å². The van der Waals surface area contributed by atoms with Crippen molar-refractivity contribution in [3.05, 3.63) is 11.9 Å². The summed E-state index contributed by atoms with van der Waals surface area (Å²) in [6, 6.07) is 0.325. The van der Waals surface area contributed by atoms with Gasteiger partial charge in [0.05, 0.1) is 11.9 Å². The topological polar surface area (TPSA) is 38.1 Å². The fourth-order valence-corrected chi connectivity index (χ4v) is 1.17. The summed E-state index contributed by atoms with van der Waals surface area (Å²) < 4.78 is 1.84. The zero-order valence-electron chi connectivity index (χ0n) is 7.20. The number of aromatic hydroxyl groups is 1. The standard InChI is InChI=1S/C8H14N2O/c1-4-7-8(11)5-9-10(7)6(2)3/h5-6,11H,4H2,1-3H3. The lowest BCUT2D eigenvalue weighted by Crippen LogP contribution is -2.06. The maximum atomic E-state index is 9.30. The maximum Gasteiger partial charge on any atom is 0.156 e. The van der Waals surface area contributed by atoms with Gasteiger partial charge in [0.1, 0.15) is 0 Å². The van der Waals surface area contributed by atoms with Crippen LogP contribution in [0.15, 0.2) is 6.20 Å². The van der Waals surface area contributed by atoms with Crippen LogP contribution in [0.25, 0.3) is 0 Å². The van der Waals surface area contributed by atoms with Crippen molar-refractivity contribution < 1.29 is 5.11 Å². The lowest BCUT2D eigenvalue weighted by Gasteiger charge is -2.08. The van der Waals surface area contributed by atoms with Crippen LogP contribution >= 0.6 is 0 Å². The SMILES string of the molecule is CCc1c(O)cnn1C(C)C. The van der Waals surface area contributed by atoms with Gasteiger partial charge in [0.2, 0.25) is 0 Å². The molecule has 0 aromatic carbocycles. The van der Waals surface area contributed by atoms with Gasteiger partial charge in [-0.15, -0.1) is 0 Å². The molecule has 3 heteroatoms. The zero-order valence-corrected chi connectivity index (χ0v) is 7.20. The van der Waals surface area contributed by atoms with Crippen LogP contribution in [0.1, 0.15) is 32.5 Å². The van der Waals surface area contributed by atoms with Gasteiger partial charge >= 0.3 is 0 Å². The highest BCUT2D eigenvalue weighted by Crippen LogP contribution is 2.19. The monoisotopic (exact) mass is 154 g/mol. The third-order valence-corrected chi connectivity index (χ3v) is 1.70. The van der Waals surface area contributed by atoms with Crippen molar-refractivity contribution >= 4 is 0 Å². The highest BCUT2D eigenvalue weighted by Gasteiger charge is 2.08. The summed E-state index contributed by atoms with van der Waals surface area (Å²) in [4.78, 5) is 0. The van der Waals surface area contributed by atoms with E-state index in [4.69, 9.17) is 0 Å². The van der Waals surface area contributed by atoms with Gasteiger partial charge < -0.3 is 5.11 Å². The summed E-state index contributed by atoms with van der Waals surface area (Å²) in [5, 5.41) is 13.3. The van der Waals surface area contributed by atoms with E-state index < -0.39 is 0 Å². The highest BCUT2D eigenvalue weighted by molar-refractivity contribution is 5.23. The molecule has 0 amide bonds. The van der Waals surface area contributed by atoms with Crippen molar-refractivity contribution in [1.29, 1.82) is 0 Å². The fraction of sp³-hybridized carbons (Fsp3) is 0.625. The van der Waals surface area contributed by atoms with Crippen molar-refractivity contribution in [1.82, 2.24) is 9.78 Å². The Kier molecular flexibility index (Phi) is 2.17. The van der Waals surface area contributed by atoms with E-state index in [1.165, 1.54) is 6.20 Å². The van der Waals surface area contributed by atoms with E-state index >= 15 is 0 Å². The molecule has 0 radical (unpaired) electrons. The first kappa shape index (κ1) is 8.11. The Labute approximate surface area is 66.7 Å². The van der Waals surface area contributed by atoms with Gasteiger partial charge in [0, 0.05) is 6.04 Å². The van der Waals surface area contributed by atoms with E-state index in [0.29, 0.717) is 11.8 Å². The largest absolute Gasteiger partial charge is 0.504 e. The summed E-state index contributed by atoms with van der Waals surface area (Å²) in [7, 11) is 0. The molecule has 1 rings (SSSR count). The molecule has 1 aromatic heterocycles. The molecule has 0 aliphatic rings. The molecular weight excluding hydrogens is 140 g/mol. The molecule has 11 heavy (non-hydrogen) atoms. The van der Waals surface area contributed by atoms with Gasteiger partial charge in [-0.2, -0.15) is 5.10 Å². The van der Waals surface area contributed by atoms with Crippen LogP contribution in [-0.4, -0.2) is 14.9 Å². The molecule has 0 aliphatic heterocycles. The molecule has 1 aromatic rings. The Hall–Kier alpha value is -0.990. The summed E-state index contributed by atoms with van der Waals surface area (Å²) >= 11 is 0. The first-order valence-corrected chi connectivity index (χ1v) is 3.92. The minimum absolute atomic E-state index is 0.307. The van der Waals surface area contributed by atoms with E-state index in [1.807, 2.05) is 25.5 Å². The average Bonchev–Trinajstić information content (AvgIpc) is 2.30. The van der Waals surface area contributed by atoms with Gasteiger partial charge in [-0.3, -0.25) is 4.68 Å². The third kappa shape index (κ3) is 1.37. The van der Waals surface area contributed by atoms with Crippen LogP contribution in [0.2, 0.25) is 0 Å². The normalized spacial score (nSPS) is 10.9. The Morgan fingerprint density at radius 3 is 2.64 bits per heavy atom. The molecule has 3 nitrogen and oxygen atoms in total. The fourth-order valence-electron chi connectivity index (χ4n) is 1.17. The molecule has 0 saturated carbocycles. The molecular formula is C8H14N2O. The predicted octanol–water partition coefficient (Wildman–Crippen LogP) is 1.73. The van der Waals surface area contributed by atoms with Crippen LogP contribution in [0.5, 0.6) is 5.75 Å².